The molecule has 0 amide bonds. The molecule has 0 bridgehead atoms. The monoisotopic (exact) mass is 417 g/mol. The number of carbonyl (C=O) groups excluding carboxylic acids is 2. The summed E-state index contributed by atoms with van der Waals surface area (Å²) in [5.74, 6) is -1.88. The minimum absolute atomic E-state index is 0.0000820. The number of esters is 2. The van der Waals surface area contributed by atoms with Crippen molar-refractivity contribution in [2.75, 3.05) is 13.2 Å². The Balaban J connectivity index is 2.18. The van der Waals surface area contributed by atoms with E-state index in [2.05, 4.69) is 0 Å². The van der Waals surface area contributed by atoms with Crippen LogP contribution < -0.4 is 0 Å². The van der Waals surface area contributed by atoms with E-state index in [1.165, 1.54) is 12.1 Å². The highest BCUT2D eigenvalue weighted by Gasteiger charge is 2.80. The molecule has 2 aromatic rings. The van der Waals surface area contributed by atoms with Gasteiger partial charge in [0.05, 0.1) is 24.2 Å². The summed E-state index contributed by atoms with van der Waals surface area (Å²) in [4.78, 5) is 25.9. The summed E-state index contributed by atoms with van der Waals surface area (Å²) in [5, 5.41) is 0. The number of ether oxygens (including phenoxy) is 2. The first kappa shape index (κ1) is 21.0. The van der Waals surface area contributed by atoms with Gasteiger partial charge in [-0.2, -0.15) is 4.31 Å². The Morgan fingerprint density at radius 3 is 1.93 bits per heavy atom. The van der Waals surface area contributed by atoms with E-state index in [1.54, 1.807) is 56.3 Å². The molecule has 8 heteroatoms. The molecule has 3 rings (SSSR count). The number of carbonyl (C=O) groups is 2. The number of rotatable bonds is 7. The van der Waals surface area contributed by atoms with E-state index >= 15 is 0 Å². The molecule has 0 aromatic heterocycles. The van der Waals surface area contributed by atoms with Gasteiger partial charge in [-0.25, -0.2) is 18.0 Å². The van der Waals surface area contributed by atoms with Gasteiger partial charge in [-0.05, 0) is 38.5 Å². The fourth-order valence-electron chi connectivity index (χ4n) is 3.40. The number of hydrogen-bond acceptors (Lipinski definition) is 6. The van der Waals surface area contributed by atoms with Crippen molar-refractivity contribution in [3.8, 4) is 0 Å². The molecule has 154 valence electrons. The molecule has 1 aliphatic rings. The fourth-order valence-corrected chi connectivity index (χ4v) is 5.24. The average Bonchev–Trinajstić information content (AvgIpc) is 3.42. The van der Waals surface area contributed by atoms with E-state index < -0.39 is 33.5 Å². The third-order valence-electron chi connectivity index (χ3n) is 4.78. The lowest BCUT2D eigenvalue weighted by atomic mass is 9.99. The van der Waals surface area contributed by atoms with Crippen molar-refractivity contribution < 1.29 is 27.5 Å². The van der Waals surface area contributed by atoms with Crippen molar-refractivity contribution in [1.82, 2.24) is 4.31 Å². The van der Waals surface area contributed by atoms with Crippen molar-refractivity contribution in [2.24, 2.45) is 0 Å². The second kappa shape index (κ2) is 7.96. The minimum atomic E-state index is -4.18. The van der Waals surface area contributed by atoms with E-state index in [0.717, 1.165) is 9.87 Å². The molecule has 0 radical (unpaired) electrons. The van der Waals surface area contributed by atoms with E-state index in [0.29, 0.717) is 5.56 Å². The molecule has 1 heterocycles. The molecule has 2 atom stereocenters. The Hall–Kier alpha value is -2.71. The molecule has 0 aliphatic carbocycles. The standard InChI is InChI=1S/C21H23NO6S/c1-4-27-19(23)21(20(24)28-5-2)18(16-9-7-6-8-10-16)22(21)29(25,26)17-13-11-15(3)12-14-17/h6-14,18H,4-5H2,1-3H3. The van der Waals surface area contributed by atoms with Crippen LogP contribution in [0.2, 0.25) is 0 Å². The van der Waals surface area contributed by atoms with Crippen LogP contribution in [0.1, 0.15) is 31.0 Å². The van der Waals surface area contributed by atoms with E-state index in [-0.39, 0.29) is 18.1 Å². The summed E-state index contributed by atoms with van der Waals surface area (Å²) in [6.07, 6.45) is 0. The molecule has 0 saturated carbocycles. The number of hydrogen-bond donors (Lipinski definition) is 0. The first-order valence-electron chi connectivity index (χ1n) is 9.32. The van der Waals surface area contributed by atoms with Gasteiger partial charge in [-0.1, -0.05) is 48.0 Å². The molecule has 2 unspecified atom stereocenters. The van der Waals surface area contributed by atoms with Gasteiger partial charge in [-0.3, -0.25) is 0 Å². The van der Waals surface area contributed by atoms with Gasteiger partial charge in [0.25, 0.3) is 5.54 Å². The highest BCUT2D eigenvalue weighted by atomic mass is 32.2. The third-order valence-corrected chi connectivity index (χ3v) is 6.66. The largest absolute Gasteiger partial charge is 0.464 e. The zero-order valence-corrected chi connectivity index (χ0v) is 17.3. The average molecular weight is 417 g/mol. The Morgan fingerprint density at radius 1 is 0.931 bits per heavy atom. The lowest BCUT2D eigenvalue weighted by molar-refractivity contribution is -0.160. The fraction of sp³-hybridized carbons (Fsp3) is 0.333. The van der Waals surface area contributed by atoms with Gasteiger partial charge < -0.3 is 9.47 Å². The molecular weight excluding hydrogens is 394 g/mol. The molecule has 7 nitrogen and oxygen atoms in total. The molecule has 1 fully saturated rings. The van der Waals surface area contributed by atoms with Crippen molar-refractivity contribution >= 4 is 22.0 Å². The van der Waals surface area contributed by atoms with Crippen LogP contribution in [-0.2, 0) is 29.1 Å². The minimum Gasteiger partial charge on any atom is -0.464 e. The van der Waals surface area contributed by atoms with Crippen LogP contribution in [0.3, 0.4) is 0 Å². The maximum atomic E-state index is 13.4. The highest BCUT2D eigenvalue weighted by molar-refractivity contribution is 7.89. The molecule has 2 aromatic carbocycles. The molecule has 1 aliphatic heterocycles. The van der Waals surface area contributed by atoms with Crippen LogP contribution in [0.15, 0.2) is 59.5 Å². The predicted molar refractivity (Wildman–Crippen MR) is 105 cm³/mol. The van der Waals surface area contributed by atoms with Gasteiger partial charge in [0.15, 0.2) is 0 Å². The highest BCUT2D eigenvalue weighted by Crippen LogP contribution is 2.58. The summed E-state index contributed by atoms with van der Waals surface area (Å²) in [5.41, 5.74) is -0.697. The van der Waals surface area contributed by atoms with Crippen LogP contribution in [0.25, 0.3) is 0 Å². The molecule has 0 N–H and O–H groups in total. The summed E-state index contributed by atoms with van der Waals surface area (Å²) < 4.78 is 38.0. The smallest absolute Gasteiger partial charge is 0.341 e. The SMILES string of the molecule is CCOC(=O)C1(C(=O)OCC)C(c2ccccc2)N1S(=O)(=O)c1ccc(C)cc1. The summed E-state index contributed by atoms with van der Waals surface area (Å²) in [6, 6.07) is 13.7. The van der Waals surface area contributed by atoms with Gasteiger partial charge >= 0.3 is 11.9 Å². The van der Waals surface area contributed by atoms with Crippen molar-refractivity contribution in [2.45, 2.75) is 37.2 Å². The van der Waals surface area contributed by atoms with Crippen LogP contribution in [0.5, 0.6) is 0 Å². The van der Waals surface area contributed by atoms with E-state index in [1.807, 2.05) is 6.92 Å². The number of aryl methyl sites for hydroxylation is 1. The second-order valence-corrected chi connectivity index (χ2v) is 8.45. The lowest BCUT2D eigenvalue weighted by Crippen LogP contribution is -2.43. The number of benzene rings is 2. The molecule has 1 saturated heterocycles. The van der Waals surface area contributed by atoms with Crippen LogP contribution >= 0.6 is 0 Å². The summed E-state index contributed by atoms with van der Waals surface area (Å²) >= 11 is 0. The van der Waals surface area contributed by atoms with Crippen molar-refractivity contribution in [3.05, 3.63) is 65.7 Å². The molecule has 0 spiro atoms. The Kier molecular flexibility index (Phi) is 5.77. The Bertz CT molecular complexity index is 983. The normalized spacial score (nSPS) is 20.0. The second-order valence-electron chi connectivity index (χ2n) is 6.63. The maximum Gasteiger partial charge on any atom is 0.341 e. The Morgan fingerprint density at radius 2 is 1.45 bits per heavy atom. The zero-order chi connectivity index (χ0) is 21.2. The Labute approximate surface area is 170 Å². The van der Waals surface area contributed by atoms with Crippen molar-refractivity contribution in [1.29, 1.82) is 0 Å². The van der Waals surface area contributed by atoms with Gasteiger partial charge in [-0.15, -0.1) is 0 Å². The van der Waals surface area contributed by atoms with Gasteiger partial charge in [0.1, 0.15) is 0 Å². The topological polar surface area (TPSA) is 89.8 Å². The van der Waals surface area contributed by atoms with Crippen molar-refractivity contribution in [3.63, 3.8) is 0 Å². The first-order valence-corrected chi connectivity index (χ1v) is 10.8. The maximum absolute atomic E-state index is 13.4. The van der Waals surface area contributed by atoms with Crippen LogP contribution in [0.4, 0.5) is 0 Å². The third kappa shape index (κ3) is 3.42. The number of sulfonamides is 1. The van der Waals surface area contributed by atoms with E-state index in [9.17, 15) is 18.0 Å². The summed E-state index contributed by atoms with van der Waals surface area (Å²) in [6.45, 7) is 5.02. The van der Waals surface area contributed by atoms with Gasteiger partial charge in [0.2, 0.25) is 10.0 Å². The molecule has 29 heavy (non-hydrogen) atoms. The number of nitrogens with zero attached hydrogens (tertiary/aromatic N) is 1. The van der Waals surface area contributed by atoms with Gasteiger partial charge in [0, 0.05) is 0 Å². The predicted octanol–water partition coefficient (Wildman–Crippen LogP) is 2.61. The van der Waals surface area contributed by atoms with Crippen LogP contribution in [-0.4, -0.2) is 43.4 Å². The first-order chi connectivity index (χ1) is 13.8. The van der Waals surface area contributed by atoms with Crippen LogP contribution in [0, 0.1) is 6.92 Å². The quantitative estimate of drug-likeness (QED) is 0.391. The lowest BCUT2D eigenvalue weighted by Gasteiger charge is -2.15. The van der Waals surface area contributed by atoms with E-state index in [4.69, 9.17) is 9.47 Å². The summed E-state index contributed by atoms with van der Waals surface area (Å²) in [7, 11) is -4.18. The molecular formula is C21H23NO6S. The zero-order valence-electron chi connectivity index (χ0n) is 16.5.